The summed E-state index contributed by atoms with van der Waals surface area (Å²) in [6.07, 6.45) is 5.96. The zero-order valence-electron chi connectivity index (χ0n) is 11.3. The number of hydrogen-bond donors (Lipinski definition) is 1. The highest BCUT2D eigenvalue weighted by Crippen LogP contribution is 2.24. The molecule has 0 aromatic rings. The van der Waals surface area contributed by atoms with Crippen LogP contribution in [0, 0.1) is 17.8 Å². The molecule has 3 unspecified atom stereocenters. The van der Waals surface area contributed by atoms with E-state index >= 15 is 0 Å². The van der Waals surface area contributed by atoms with Crippen LogP contribution in [0.3, 0.4) is 0 Å². The van der Waals surface area contributed by atoms with Crippen LogP contribution >= 0.6 is 0 Å². The highest BCUT2D eigenvalue weighted by Gasteiger charge is 2.20. The molecular weight excluding hydrogens is 184 g/mol. The Morgan fingerprint density at radius 1 is 1.07 bits per heavy atom. The first-order valence-corrected chi connectivity index (χ1v) is 6.70. The van der Waals surface area contributed by atoms with Gasteiger partial charge in [-0.1, -0.05) is 60.3 Å². The van der Waals surface area contributed by atoms with Gasteiger partial charge in [-0.2, -0.15) is 0 Å². The van der Waals surface area contributed by atoms with Crippen LogP contribution in [0.4, 0.5) is 0 Å². The Labute approximate surface area is 96.3 Å². The van der Waals surface area contributed by atoms with Crippen molar-refractivity contribution in [3.05, 3.63) is 0 Å². The number of aliphatic hydroxyl groups is 1. The number of rotatable bonds is 8. The van der Waals surface area contributed by atoms with Crippen molar-refractivity contribution in [2.45, 2.75) is 72.8 Å². The Bertz CT molecular complexity index is 142. The molecule has 0 saturated carbocycles. The molecule has 1 heteroatoms. The zero-order chi connectivity index (χ0) is 11.8. The van der Waals surface area contributed by atoms with Crippen LogP contribution in [0.1, 0.15) is 66.7 Å². The topological polar surface area (TPSA) is 20.2 Å². The molecule has 3 atom stereocenters. The van der Waals surface area contributed by atoms with Gasteiger partial charge in [0.25, 0.3) is 0 Å². The molecule has 0 aromatic heterocycles. The summed E-state index contributed by atoms with van der Waals surface area (Å²) >= 11 is 0. The molecule has 0 radical (unpaired) electrons. The van der Waals surface area contributed by atoms with Gasteiger partial charge in [0, 0.05) is 0 Å². The van der Waals surface area contributed by atoms with Gasteiger partial charge in [-0.15, -0.1) is 0 Å². The SMILES string of the molecule is CCCCC(CC)CC(O)C(C)C(C)C. The van der Waals surface area contributed by atoms with Gasteiger partial charge >= 0.3 is 0 Å². The maximum absolute atomic E-state index is 10.1. The van der Waals surface area contributed by atoms with Gasteiger partial charge in [-0.05, 0) is 24.2 Å². The number of unbranched alkanes of at least 4 members (excludes halogenated alkanes) is 1. The molecule has 1 nitrogen and oxygen atoms in total. The molecule has 0 saturated heterocycles. The predicted octanol–water partition coefficient (Wildman–Crippen LogP) is 4.25. The van der Waals surface area contributed by atoms with Crippen LogP contribution in [-0.2, 0) is 0 Å². The predicted molar refractivity (Wildman–Crippen MR) is 67.9 cm³/mol. The monoisotopic (exact) mass is 214 g/mol. The highest BCUT2D eigenvalue weighted by atomic mass is 16.3. The highest BCUT2D eigenvalue weighted by molar-refractivity contribution is 4.71. The lowest BCUT2D eigenvalue weighted by molar-refractivity contribution is 0.0655. The molecule has 0 spiro atoms. The molecule has 0 fully saturated rings. The van der Waals surface area contributed by atoms with E-state index in [1.54, 1.807) is 0 Å². The third-order valence-corrected chi connectivity index (χ3v) is 3.78. The van der Waals surface area contributed by atoms with Crippen LogP contribution in [0.25, 0.3) is 0 Å². The van der Waals surface area contributed by atoms with E-state index in [9.17, 15) is 5.11 Å². The second kappa shape index (κ2) is 8.15. The summed E-state index contributed by atoms with van der Waals surface area (Å²) in [5.74, 6) is 1.74. The van der Waals surface area contributed by atoms with Crippen LogP contribution in [0.5, 0.6) is 0 Å². The standard InChI is InChI=1S/C14H30O/c1-6-8-9-13(7-2)10-14(15)12(5)11(3)4/h11-15H,6-10H2,1-5H3. The van der Waals surface area contributed by atoms with Gasteiger partial charge in [0.15, 0.2) is 0 Å². The van der Waals surface area contributed by atoms with Gasteiger partial charge in [-0.3, -0.25) is 0 Å². The molecule has 0 aliphatic rings. The Balaban J connectivity index is 3.94. The first-order chi connectivity index (χ1) is 7.02. The van der Waals surface area contributed by atoms with Crippen LogP contribution in [0.2, 0.25) is 0 Å². The lowest BCUT2D eigenvalue weighted by Crippen LogP contribution is -2.25. The van der Waals surface area contributed by atoms with Crippen molar-refractivity contribution >= 4 is 0 Å². The molecule has 0 amide bonds. The summed E-state index contributed by atoms with van der Waals surface area (Å²) in [6, 6.07) is 0. The van der Waals surface area contributed by atoms with E-state index in [0.29, 0.717) is 11.8 Å². The third-order valence-electron chi connectivity index (χ3n) is 3.78. The molecule has 0 aliphatic carbocycles. The van der Waals surface area contributed by atoms with Crippen molar-refractivity contribution in [1.29, 1.82) is 0 Å². The van der Waals surface area contributed by atoms with E-state index in [1.165, 1.54) is 25.7 Å². The first kappa shape index (κ1) is 15.0. The fourth-order valence-corrected chi connectivity index (χ4v) is 1.98. The average molecular weight is 214 g/mol. The van der Waals surface area contributed by atoms with Crippen molar-refractivity contribution in [3.8, 4) is 0 Å². The van der Waals surface area contributed by atoms with E-state index < -0.39 is 0 Å². The summed E-state index contributed by atoms with van der Waals surface area (Å²) in [7, 11) is 0. The van der Waals surface area contributed by atoms with Gasteiger partial charge in [0.2, 0.25) is 0 Å². The van der Waals surface area contributed by atoms with Crippen molar-refractivity contribution < 1.29 is 5.11 Å². The van der Waals surface area contributed by atoms with Crippen molar-refractivity contribution in [2.24, 2.45) is 17.8 Å². The van der Waals surface area contributed by atoms with E-state index in [-0.39, 0.29) is 6.10 Å². The maximum atomic E-state index is 10.1. The Hall–Kier alpha value is -0.0400. The lowest BCUT2D eigenvalue weighted by Gasteiger charge is -2.26. The molecule has 0 rings (SSSR count). The quantitative estimate of drug-likeness (QED) is 0.640. The molecule has 1 N–H and O–H groups in total. The Kier molecular flexibility index (Phi) is 8.13. The minimum absolute atomic E-state index is 0.105. The van der Waals surface area contributed by atoms with Crippen molar-refractivity contribution in [1.82, 2.24) is 0 Å². The summed E-state index contributed by atoms with van der Waals surface area (Å²) in [4.78, 5) is 0. The fourth-order valence-electron chi connectivity index (χ4n) is 1.98. The zero-order valence-corrected chi connectivity index (χ0v) is 11.3. The summed E-state index contributed by atoms with van der Waals surface area (Å²) in [5.41, 5.74) is 0. The first-order valence-electron chi connectivity index (χ1n) is 6.70. The third kappa shape index (κ3) is 6.19. The second-order valence-electron chi connectivity index (χ2n) is 5.32. The van der Waals surface area contributed by atoms with Crippen LogP contribution in [-0.4, -0.2) is 11.2 Å². The Morgan fingerprint density at radius 2 is 1.67 bits per heavy atom. The van der Waals surface area contributed by atoms with E-state index in [2.05, 4.69) is 34.6 Å². The minimum atomic E-state index is -0.105. The summed E-state index contributed by atoms with van der Waals surface area (Å²) in [5, 5.41) is 10.1. The van der Waals surface area contributed by atoms with E-state index in [4.69, 9.17) is 0 Å². The maximum Gasteiger partial charge on any atom is 0.0570 e. The van der Waals surface area contributed by atoms with Gasteiger partial charge in [0.05, 0.1) is 6.10 Å². The average Bonchev–Trinajstić information content (AvgIpc) is 2.22. The molecule has 15 heavy (non-hydrogen) atoms. The van der Waals surface area contributed by atoms with Crippen molar-refractivity contribution in [3.63, 3.8) is 0 Å². The largest absolute Gasteiger partial charge is 0.393 e. The van der Waals surface area contributed by atoms with Gasteiger partial charge < -0.3 is 5.11 Å². The molecule has 0 aromatic carbocycles. The smallest absolute Gasteiger partial charge is 0.0570 e. The molecule has 92 valence electrons. The molecular formula is C14H30O. The van der Waals surface area contributed by atoms with Crippen molar-refractivity contribution in [2.75, 3.05) is 0 Å². The van der Waals surface area contributed by atoms with Crippen LogP contribution in [0.15, 0.2) is 0 Å². The molecule has 0 aliphatic heterocycles. The second-order valence-corrected chi connectivity index (χ2v) is 5.32. The number of hydrogen-bond acceptors (Lipinski definition) is 1. The molecule has 0 bridgehead atoms. The van der Waals surface area contributed by atoms with E-state index in [0.717, 1.165) is 12.3 Å². The van der Waals surface area contributed by atoms with Gasteiger partial charge in [-0.25, -0.2) is 0 Å². The fraction of sp³-hybridized carbons (Fsp3) is 1.00. The summed E-state index contributed by atoms with van der Waals surface area (Å²) in [6.45, 7) is 11.0. The lowest BCUT2D eigenvalue weighted by atomic mass is 9.84. The normalized spacial score (nSPS) is 17.8. The van der Waals surface area contributed by atoms with Crippen LogP contribution < -0.4 is 0 Å². The van der Waals surface area contributed by atoms with E-state index in [1.807, 2.05) is 0 Å². The molecule has 0 heterocycles. The minimum Gasteiger partial charge on any atom is -0.393 e. The Morgan fingerprint density at radius 3 is 2.07 bits per heavy atom. The summed E-state index contributed by atoms with van der Waals surface area (Å²) < 4.78 is 0. The number of aliphatic hydroxyl groups excluding tert-OH is 1. The van der Waals surface area contributed by atoms with Gasteiger partial charge in [0.1, 0.15) is 0 Å².